The Hall–Kier alpha value is -2.03. The summed E-state index contributed by atoms with van der Waals surface area (Å²) in [7, 11) is 0. The normalized spacial score (nSPS) is 11.1. The van der Waals surface area contributed by atoms with E-state index < -0.39 is 23.9 Å². The standard InChI is InChI=1S/C15H23NO5/c1-2-3-4-5-6-7-8-9-13(17)16-12(15(20)21)10-11-14(18)19/h12H,2-7,10-11H2,1H3,(H,16,17)(H,18,19)(H,20,21)/t12-/m0/s1. The SMILES string of the molecule is CCCCCCCC#CC(=O)N[C@@H](CCC(=O)O)C(=O)O. The first-order valence-corrected chi connectivity index (χ1v) is 7.21. The summed E-state index contributed by atoms with van der Waals surface area (Å²) in [6, 6.07) is -1.22. The van der Waals surface area contributed by atoms with Crippen LogP contribution in [-0.2, 0) is 14.4 Å². The molecule has 6 heteroatoms. The fraction of sp³-hybridized carbons (Fsp3) is 0.667. The van der Waals surface area contributed by atoms with Crippen LogP contribution in [0.5, 0.6) is 0 Å². The minimum Gasteiger partial charge on any atom is -0.481 e. The summed E-state index contributed by atoms with van der Waals surface area (Å²) < 4.78 is 0. The molecule has 0 aliphatic carbocycles. The molecule has 0 saturated carbocycles. The second kappa shape index (κ2) is 11.8. The molecule has 0 fully saturated rings. The molecule has 0 unspecified atom stereocenters. The second-order valence-electron chi connectivity index (χ2n) is 4.76. The first-order chi connectivity index (χ1) is 9.97. The van der Waals surface area contributed by atoms with E-state index in [9.17, 15) is 14.4 Å². The Morgan fingerprint density at radius 2 is 1.76 bits per heavy atom. The van der Waals surface area contributed by atoms with Gasteiger partial charge in [-0.25, -0.2) is 4.79 Å². The highest BCUT2D eigenvalue weighted by Crippen LogP contribution is 2.03. The fourth-order valence-electron chi connectivity index (χ4n) is 1.68. The average molecular weight is 297 g/mol. The van der Waals surface area contributed by atoms with Crippen molar-refractivity contribution in [3.63, 3.8) is 0 Å². The summed E-state index contributed by atoms with van der Waals surface area (Å²) >= 11 is 0. The van der Waals surface area contributed by atoms with Gasteiger partial charge in [-0.3, -0.25) is 9.59 Å². The van der Waals surface area contributed by atoms with E-state index in [1.807, 2.05) is 0 Å². The molecule has 118 valence electrons. The van der Waals surface area contributed by atoms with Gasteiger partial charge in [-0.15, -0.1) is 0 Å². The van der Waals surface area contributed by atoms with E-state index in [1.165, 1.54) is 12.8 Å². The lowest BCUT2D eigenvalue weighted by Crippen LogP contribution is -2.40. The van der Waals surface area contributed by atoms with Gasteiger partial charge in [0.2, 0.25) is 0 Å². The van der Waals surface area contributed by atoms with Crippen molar-refractivity contribution in [2.45, 2.75) is 64.3 Å². The first kappa shape index (κ1) is 19.0. The van der Waals surface area contributed by atoms with E-state index in [0.717, 1.165) is 19.3 Å². The Bertz CT molecular complexity index is 408. The highest BCUT2D eigenvalue weighted by Gasteiger charge is 2.19. The first-order valence-electron chi connectivity index (χ1n) is 7.21. The highest BCUT2D eigenvalue weighted by molar-refractivity contribution is 5.96. The smallest absolute Gasteiger partial charge is 0.326 e. The molecule has 0 aromatic heterocycles. The summed E-state index contributed by atoms with van der Waals surface area (Å²) in [4.78, 5) is 32.7. The van der Waals surface area contributed by atoms with Gasteiger partial charge in [0.15, 0.2) is 0 Å². The maximum atomic E-state index is 11.4. The number of hydrogen-bond acceptors (Lipinski definition) is 3. The molecule has 1 amide bonds. The number of carboxylic acids is 2. The van der Waals surface area contributed by atoms with E-state index in [4.69, 9.17) is 10.2 Å². The maximum absolute atomic E-state index is 11.4. The van der Waals surface area contributed by atoms with Gasteiger partial charge in [-0.1, -0.05) is 38.5 Å². The van der Waals surface area contributed by atoms with Crippen LogP contribution in [0.2, 0.25) is 0 Å². The summed E-state index contributed by atoms with van der Waals surface area (Å²) in [5, 5.41) is 19.6. The number of aliphatic carboxylic acids is 2. The average Bonchev–Trinajstić information content (AvgIpc) is 2.41. The van der Waals surface area contributed by atoms with Crippen molar-refractivity contribution in [2.75, 3.05) is 0 Å². The zero-order valence-corrected chi connectivity index (χ0v) is 12.4. The molecule has 0 radical (unpaired) electrons. The van der Waals surface area contributed by atoms with Crippen molar-refractivity contribution in [2.24, 2.45) is 0 Å². The molecular weight excluding hydrogens is 274 g/mol. The van der Waals surface area contributed by atoms with E-state index in [-0.39, 0.29) is 12.8 Å². The topological polar surface area (TPSA) is 104 Å². The van der Waals surface area contributed by atoms with Crippen LogP contribution in [-0.4, -0.2) is 34.1 Å². The van der Waals surface area contributed by atoms with Crippen molar-refractivity contribution in [1.82, 2.24) is 5.32 Å². The van der Waals surface area contributed by atoms with Crippen molar-refractivity contribution < 1.29 is 24.6 Å². The lowest BCUT2D eigenvalue weighted by molar-refractivity contribution is -0.142. The van der Waals surface area contributed by atoms with Crippen LogP contribution in [0.25, 0.3) is 0 Å². The summed E-state index contributed by atoms with van der Waals surface area (Å²) in [6.07, 6.45) is 5.63. The third-order valence-corrected chi connectivity index (χ3v) is 2.86. The van der Waals surface area contributed by atoms with E-state index in [2.05, 4.69) is 24.1 Å². The lowest BCUT2D eigenvalue weighted by atomic mass is 10.1. The summed E-state index contributed by atoms with van der Waals surface area (Å²) in [5.74, 6) is 1.99. The molecule has 21 heavy (non-hydrogen) atoms. The Kier molecular flexibility index (Phi) is 10.6. The largest absolute Gasteiger partial charge is 0.481 e. The van der Waals surface area contributed by atoms with Gasteiger partial charge in [0.1, 0.15) is 6.04 Å². The molecule has 6 nitrogen and oxygen atoms in total. The van der Waals surface area contributed by atoms with Crippen molar-refractivity contribution in [3.05, 3.63) is 0 Å². The summed E-state index contributed by atoms with van der Waals surface area (Å²) in [6.45, 7) is 2.13. The number of carboxylic acid groups (broad SMARTS) is 2. The molecule has 0 aliphatic rings. The Morgan fingerprint density at radius 1 is 1.10 bits per heavy atom. The third-order valence-electron chi connectivity index (χ3n) is 2.86. The van der Waals surface area contributed by atoms with Gasteiger partial charge in [0.05, 0.1) is 0 Å². The molecule has 0 aromatic carbocycles. The van der Waals surface area contributed by atoms with Crippen molar-refractivity contribution >= 4 is 17.8 Å². The Labute approximate surface area is 124 Å². The van der Waals surface area contributed by atoms with Gasteiger partial charge in [0, 0.05) is 12.8 Å². The molecule has 0 spiro atoms. The molecule has 0 bridgehead atoms. The highest BCUT2D eigenvalue weighted by atomic mass is 16.4. The van der Waals surface area contributed by atoms with E-state index in [0.29, 0.717) is 6.42 Å². The molecule has 3 N–H and O–H groups in total. The number of amides is 1. The minimum atomic E-state index is -1.26. The predicted molar refractivity (Wildman–Crippen MR) is 77.6 cm³/mol. The number of rotatable bonds is 10. The number of hydrogen-bond donors (Lipinski definition) is 3. The number of nitrogens with one attached hydrogen (secondary N) is 1. The molecule has 0 aromatic rings. The minimum absolute atomic E-state index is 0.158. The number of carbonyl (C=O) groups is 3. The van der Waals surface area contributed by atoms with Gasteiger partial charge >= 0.3 is 11.9 Å². The second-order valence-corrected chi connectivity index (χ2v) is 4.76. The molecule has 0 heterocycles. The zero-order valence-electron chi connectivity index (χ0n) is 12.4. The predicted octanol–water partition coefficient (Wildman–Crippen LogP) is 1.78. The molecule has 1 atom stereocenters. The number of unbranched alkanes of at least 4 members (excludes halogenated alkanes) is 5. The Morgan fingerprint density at radius 3 is 2.33 bits per heavy atom. The maximum Gasteiger partial charge on any atom is 0.326 e. The molecule has 0 rings (SSSR count). The van der Waals surface area contributed by atoms with Crippen LogP contribution in [0.1, 0.15) is 58.3 Å². The van der Waals surface area contributed by atoms with Gasteiger partial charge in [-0.05, 0) is 18.8 Å². The van der Waals surface area contributed by atoms with Crippen molar-refractivity contribution in [3.8, 4) is 11.8 Å². The Balaban J connectivity index is 4.03. The van der Waals surface area contributed by atoms with E-state index >= 15 is 0 Å². The summed E-state index contributed by atoms with van der Waals surface area (Å²) in [5.41, 5.74) is 0. The van der Waals surface area contributed by atoms with Crippen molar-refractivity contribution in [1.29, 1.82) is 0 Å². The monoisotopic (exact) mass is 297 g/mol. The lowest BCUT2D eigenvalue weighted by Gasteiger charge is -2.10. The molecular formula is C15H23NO5. The van der Waals surface area contributed by atoms with Crippen LogP contribution in [0.15, 0.2) is 0 Å². The van der Waals surface area contributed by atoms with Crippen LogP contribution >= 0.6 is 0 Å². The molecule has 0 saturated heterocycles. The van der Waals surface area contributed by atoms with E-state index in [1.54, 1.807) is 0 Å². The quantitative estimate of drug-likeness (QED) is 0.421. The van der Waals surface area contributed by atoms with Crippen LogP contribution in [0, 0.1) is 11.8 Å². The van der Waals surface area contributed by atoms with Gasteiger partial charge in [-0.2, -0.15) is 0 Å². The van der Waals surface area contributed by atoms with Gasteiger partial charge < -0.3 is 15.5 Å². The van der Waals surface area contributed by atoms with Crippen LogP contribution in [0.4, 0.5) is 0 Å². The third kappa shape index (κ3) is 11.5. The van der Waals surface area contributed by atoms with Crippen LogP contribution < -0.4 is 5.32 Å². The fourth-order valence-corrected chi connectivity index (χ4v) is 1.68. The van der Waals surface area contributed by atoms with Gasteiger partial charge in [0.25, 0.3) is 5.91 Å². The van der Waals surface area contributed by atoms with Crippen LogP contribution in [0.3, 0.4) is 0 Å². The molecule has 0 aliphatic heterocycles. The zero-order chi connectivity index (χ0) is 16.1. The number of carbonyl (C=O) groups excluding carboxylic acids is 1.